The average Bonchev–Trinajstić information content (AvgIpc) is 3.25. The number of fused-ring (bicyclic) bond motifs is 1. The number of nitrogens with zero attached hydrogens (tertiary/aromatic N) is 2. The zero-order valence-corrected chi connectivity index (χ0v) is 17.0. The van der Waals surface area contributed by atoms with Crippen LogP contribution in [0.4, 0.5) is 9.52 Å². The van der Waals surface area contributed by atoms with E-state index < -0.39 is 6.04 Å². The lowest BCUT2D eigenvalue weighted by molar-refractivity contribution is -0.132. The lowest BCUT2D eigenvalue weighted by Gasteiger charge is -2.37. The summed E-state index contributed by atoms with van der Waals surface area (Å²) in [5.74, 6) is -0.351. The summed E-state index contributed by atoms with van der Waals surface area (Å²) in [6, 6.07) is 5.31. The molecule has 2 aromatic rings. The van der Waals surface area contributed by atoms with Gasteiger partial charge in [0.2, 0.25) is 0 Å². The largest absolute Gasteiger partial charge is 0.483 e. The summed E-state index contributed by atoms with van der Waals surface area (Å²) in [5, 5.41) is 2.38. The number of benzene rings is 1. The molecule has 3 heterocycles. The van der Waals surface area contributed by atoms with Crippen molar-refractivity contribution in [2.24, 2.45) is 11.8 Å². The quantitative estimate of drug-likeness (QED) is 0.736. The third-order valence-electron chi connectivity index (χ3n) is 6.11. The molecule has 0 radical (unpaired) electrons. The predicted octanol–water partition coefficient (Wildman–Crippen LogP) is 4.34. The van der Waals surface area contributed by atoms with E-state index in [1.807, 2.05) is 12.3 Å². The van der Waals surface area contributed by atoms with Gasteiger partial charge in [0, 0.05) is 5.38 Å². The number of halogens is 1. The van der Waals surface area contributed by atoms with Crippen molar-refractivity contribution in [1.29, 1.82) is 0 Å². The fraction of sp³-hybridized carbons (Fsp3) is 0.409. The molecule has 4 atom stereocenters. The van der Waals surface area contributed by atoms with Crippen molar-refractivity contribution < 1.29 is 18.7 Å². The van der Waals surface area contributed by atoms with Crippen LogP contribution in [-0.4, -0.2) is 22.8 Å². The van der Waals surface area contributed by atoms with Gasteiger partial charge in [-0.15, -0.1) is 11.3 Å². The lowest BCUT2D eigenvalue weighted by Crippen LogP contribution is -2.41. The third kappa shape index (κ3) is 2.90. The maximum atomic E-state index is 13.6. The van der Waals surface area contributed by atoms with Crippen molar-refractivity contribution in [3.05, 3.63) is 58.1 Å². The van der Waals surface area contributed by atoms with Crippen LogP contribution in [0, 0.1) is 24.6 Å². The second kappa shape index (κ2) is 6.76. The minimum Gasteiger partial charge on any atom is -0.483 e. The molecule has 0 bridgehead atoms. The Kier molecular flexibility index (Phi) is 4.31. The van der Waals surface area contributed by atoms with E-state index in [1.54, 1.807) is 12.1 Å². The van der Waals surface area contributed by atoms with Crippen molar-refractivity contribution in [3.63, 3.8) is 0 Å². The molecule has 1 aromatic heterocycles. The fourth-order valence-electron chi connectivity index (χ4n) is 4.69. The Hall–Kier alpha value is -2.54. The highest BCUT2D eigenvalue weighted by molar-refractivity contribution is 7.14. The number of aromatic nitrogens is 1. The summed E-state index contributed by atoms with van der Waals surface area (Å²) >= 11 is 1.35. The van der Waals surface area contributed by atoms with E-state index in [2.05, 4.69) is 11.9 Å². The van der Waals surface area contributed by atoms with E-state index in [4.69, 9.17) is 4.74 Å². The second-order valence-corrected chi connectivity index (χ2v) is 9.03. The van der Waals surface area contributed by atoms with Crippen molar-refractivity contribution in [2.45, 2.75) is 45.3 Å². The molecule has 0 spiro atoms. The summed E-state index contributed by atoms with van der Waals surface area (Å²) in [5.41, 5.74) is 1.87. The van der Waals surface area contributed by atoms with Crippen LogP contribution >= 0.6 is 11.3 Å². The van der Waals surface area contributed by atoms with Gasteiger partial charge >= 0.3 is 0 Å². The monoisotopic (exact) mass is 412 g/mol. The van der Waals surface area contributed by atoms with Crippen LogP contribution in [0.2, 0.25) is 0 Å². The number of thiazole rings is 1. The van der Waals surface area contributed by atoms with E-state index in [0.717, 1.165) is 25.0 Å². The molecule has 0 N–H and O–H groups in total. The van der Waals surface area contributed by atoms with Gasteiger partial charge in [0.15, 0.2) is 16.7 Å². The van der Waals surface area contributed by atoms with Gasteiger partial charge < -0.3 is 4.74 Å². The normalized spacial score (nSPS) is 29.0. The van der Waals surface area contributed by atoms with Gasteiger partial charge in [-0.3, -0.25) is 14.5 Å². The number of carbonyl (C=O) groups is 2. The molecule has 7 heteroatoms. The highest BCUT2D eigenvalue weighted by atomic mass is 32.1. The minimum absolute atomic E-state index is 0.0127. The molecule has 1 aromatic carbocycles. The molecule has 29 heavy (non-hydrogen) atoms. The van der Waals surface area contributed by atoms with Crippen molar-refractivity contribution in [3.8, 4) is 0 Å². The first-order valence-electron chi connectivity index (χ1n) is 9.90. The number of aryl methyl sites for hydroxylation is 1. The molecule has 3 aliphatic rings. The fourth-order valence-corrected chi connectivity index (χ4v) is 5.51. The molecular weight excluding hydrogens is 391 g/mol. The van der Waals surface area contributed by atoms with Crippen molar-refractivity contribution >= 4 is 28.2 Å². The lowest BCUT2D eigenvalue weighted by atomic mass is 9.74. The van der Waals surface area contributed by atoms with Crippen LogP contribution in [-0.2, 0) is 14.3 Å². The van der Waals surface area contributed by atoms with Gasteiger partial charge in [-0.05, 0) is 49.8 Å². The first-order chi connectivity index (χ1) is 13.9. The van der Waals surface area contributed by atoms with Crippen LogP contribution in [0.5, 0.6) is 0 Å². The summed E-state index contributed by atoms with van der Waals surface area (Å²) in [6.45, 7) is 4.01. The zero-order chi connectivity index (χ0) is 20.3. The van der Waals surface area contributed by atoms with Crippen molar-refractivity contribution in [2.75, 3.05) is 4.90 Å². The van der Waals surface area contributed by atoms with E-state index in [0.29, 0.717) is 22.2 Å². The Morgan fingerprint density at radius 1 is 1.21 bits per heavy atom. The molecule has 1 saturated carbocycles. The number of Topliss-reactive ketones (excluding diaryl/α,β-unsaturated/α-hetero) is 1. The SMILES string of the molecule is Cc1csc(N2C(=O)C3=C(C(=O)C4CC(C)CCC4O3)C2c2ccc(F)cc2)n1. The highest BCUT2D eigenvalue weighted by Gasteiger charge is 2.53. The van der Waals surface area contributed by atoms with Crippen molar-refractivity contribution in [1.82, 2.24) is 4.98 Å². The summed E-state index contributed by atoms with van der Waals surface area (Å²) < 4.78 is 19.7. The summed E-state index contributed by atoms with van der Waals surface area (Å²) in [6.07, 6.45) is 2.29. The van der Waals surface area contributed by atoms with Crippen LogP contribution in [0.25, 0.3) is 0 Å². The molecule has 150 valence electrons. The Balaban J connectivity index is 1.64. The van der Waals surface area contributed by atoms with Gasteiger partial charge in [-0.25, -0.2) is 9.37 Å². The smallest absolute Gasteiger partial charge is 0.296 e. The Labute approximate surface area is 172 Å². The summed E-state index contributed by atoms with van der Waals surface area (Å²) in [7, 11) is 0. The van der Waals surface area contributed by atoms with Crippen LogP contribution in [0.3, 0.4) is 0 Å². The number of amides is 1. The van der Waals surface area contributed by atoms with E-state index in [1.165, 1.54) is 28.4 Å². The molecule has 1 fully saturated rings. The minimum atomic E-state index is -0.644. The van der Waals surface area contributed by atoms with Gasteiger partial charge in [-0.1, -0.05) is 19.1 Å². The van der Waals surface area contributed by atoms with E-state index >= 15 is 0 Å². The molecule has 5 rings (SSSR count). The number of hydrogen-bond donors (Lipinski definition) is 0. The number of ether oxygens (including phenoxy) is 1. The second-order valence-electron chi connectivity index (χ2n) is 8.19. The van der Waals surface area contributed by atoms with E-state index in [-0.39, 0.29) is 35.3 Å². The van der Waals surface area contributed by atoms with Crippen LogP contribution < -0.4 is 4.90 Å². The van der Waals surface area contributed by atoms with E-state index in [9.17, 15) is 14.0 Å². The first kappa shape index (κ1) is 18.5. The average molecular weight is 412 g/mol. The number of rotatable bonds is 2. The van der Waals surface area contributed by atoms with Gasteiger partial charge in [-0.2, -0.15) is 0 Å². The maximum Gasteiger partial charge on any atom is 0.296 e. The highest BCUT2D eigenvalue weighted by Crippen LogP contribution is 2.49. The molecular formula is C22H21FN2O3S. The topological polar surface area (TPSA) is 59.5 Å². The van der Waals surface area contributed by atoms with Gasteiger partial charge in [0.1, 0.15) is 11.9 Å². The summed E-state index contributed by atoms with van der Waals surface area (Å²) in [4.78, 5) is 32.9. The number of ketones is 1. The third-order valence-corrected chi connectivity index (χ3v) is 7.07. The molecule has 4 unspecified atom stereocenters. The maximum absolute atomic E-state index is 13.6. The molecule has 0 saturated heterocycles. The van der Waals surface area contributed by atoms with Gasteiger partial charge in [0.25, 0.3) is 5.91 Å². The molecule has 1 amide bonds. The predicted molar refractivity (Wildman–Crippen MR) is 107 cm³/mol. The molecule has 1 aliphatic carbocycles. The zero-order valence-electron chi connectivity index (χ0n) is 16.2. The first-order valence-corrected chi connectivity index (χ1v) is 10.8. The van der Waals surface area contributed by atoms with Crippen LogP contribution in [0.15, 0.2) is 41.0 Å². The Bertz CT molecular complexity index is 1030. The number of carbonyl (C=O) groups excluding carboxylic acids is 2. The van der Waals surface area contributed by atoms with Crippen LogP contribution in [0.1, 0.15) is 43.5 Å². The number of anilines is 1. The van der Waals surface area contributed by atoms with Gasteiger partial charge in [0.05, 0.1) is 23.2 Å². The molecule has 5 nitrogen and oxygen atoms in total. The Morgan fingerprint density at radius 3 is 2.66 bits per heavy atom. The standard InChI is InChI=1S/C22H21FN2O3S/c1-11-3-8-16-15(9-11)19(26)17-18(13-4-6-14(23)7-5-13)25(21(27)20(17)28-16)22-24-12(2)10-29-22/h4-7,10-11,15-16,18H,3,8-9H2,1-2H3. The molecule has 2 aliphatic heterocycles. The number of hydrogen-bond acceptors (Lipinski definition) is 5. The Morgan fingerprint density at radius 2 is 1.97 bits per heavy atom.